The summed E-state index contributed by atoms with van der Waals surface area (Å²) in [6.07, 6.45) is 5.51. The number of nitrogens with two attached hydrogens (primary N) is 1. The summed E-state index contributed by atoms with van der Waals surface area (Å²) in [6, 6.07) is 0.604. The van der Waals surface area contributed by atoms with Gasteiger partial charge in [0.05, 0.1) is 5.41 Å². The third-order valence-electron chi connectivity index (χ3n) is 3.74. The summed E-state index contributed by atoms with van der Waals surface area (Å²) in [6.45, 7) is 0.799. The van der Waals surface area contributed by atoms with E-state index in [0.29, 0.717) is 6.04 Å². The molecule has 86 valence electrons. The van der Waals surface area contributed by atoms with Crippen molar-refractivity contribution < 1.29 is 4.79 Å². The van der Waals surface area contributed by atoms with Crippen LogP contribution in [0.4, 0.5) is 0 Å². The zero-order valence-corrected chi connectivity index (χ0v) is 9.94. The minimum absolute atomic E-state index is 0.0989. The Kier molecular flexibility index (Phi) is 3.57. The third kappa shape index (κ3) is 2.48. The van der Waals surface area contributed by atoms with Crippen molar-refractivity contribution in [3.05, 3.63) is 0 Å². The number of thioether (sulfide) groups is 1. The van der Waals surface area contributed by atoms with Gasteiger partial charge in [-0.2, -0.15) is 11.8 Å². The van der Waals surface area contributed by atoms with Gasteiger partial charge in [0.15, 0.2) is 0 Å². The van der Waals surface area contributed by atoms with Gasteiger partial charge < -0.3 is 11.1 Å². The standard InChI is InChI=1S/C11H20N2OS/c12-10(14)11(4-1-2-5-11)8-13-9-3-6-15-7-9/h9,13H,1-8H2,(H2,12,14). The summed E-state index contributed by atoms with van der Waals surface area (Å²) in [5.74, 6) is 2.34. The Balaban J connectivity index is 1.86. The quantitative estimate of drug-likeness (QED) is 0.758. The molecule has 1 saturated carbocycles. The third-order valence-corrected chi connectivity index (χ3v) is 4.90. The van der Waals surface area contributed by atoms with Gasteiger partial charge in [-0.3, -0.25) is 4.79 Å². The maximum Gasteiger partial charge on any atom is 0.224 e. The van der Waals surface area contributed by atoms with Gasteiger partial charge in [-0.15, -0.1) is 0 Å². The van der Waals surface area contributed by atoms with E-state index in [4.69, 9.17) is 5.73 Å². The first-order valence-electron chi connectivity index (χ1n) is 5.84. The molecule has 0 aromatic rings. The van der Waals surface area contributed by atoms with Crippen molar-refractivity contribution in [2.24, 2.45) is 11.1 Å². The molecule has 1 aliphatic carbocycles. The second-order valence-corrected chi connectivity index (χ2v) is 5.94. The molecule has 2 aliphatic rings. The van der Waals surface area contributed by atoms with Crippen LogP contribution in [-0.4, -0.2) is 30.0 Å². The Labute approximate surface area is 95.6 Å². The normalized spacial score (nSPS) is 29.5. The molecule has 1 amide bonds. The van der Waals surface area contributed by atoms with E-state index < -0.39 is 0 Å². The van der Waals surface area contributed by atoms with Gasteiger partial charge in [0.1, 0.15) is 0 Å². The van der Waals surface area contributed by atoms with E-state index in [2.05, 4.69) is 5.32 Å². The minimum atomic E-state index is -0.229. The van der Waals surface area contributed by atoms with E-state index in [1.165, 1.54) is 17.9 Å². The Morgan fingerprint density at radius 1 is 1.47 bits per heavy atom. The summed E-state index contributed by atoms with van der Waals surface area (Å²) >= 11 is 1.99. The number of amides is 1. The van der Waals surface area contributed by atoms with E-state index in [9.17, 15) is 4.79 Å². The molecule has 0 spiro atoms. The van der Waals surface area contributed by atoms with Crippen LogP contribution >= 0.6 is 11.8 Å². The van der Waals surface area contributed by atoms with Crippen LogP contribution in [-0.2, 0) is 4.79 Å². The van der Waals surface area contributed by atoms with Crippen LogP contribution in [0, 0.1) is 5.41 Å². The molecule has 0 bridgehead atoms. The summed E-state index contributed by atoms with van der Waals surface area (Å²) in [4.78, 5) is 11.5. The van der Waals surface area contributed by atoms with Gasteiger partial charge in [0.2, 0.25) is 5.91 Å². The Morgan fingerprint density at radius 3 is 2.73 bits per heavy atom. The second kappa shape index (κ2) is 4.74. The fourth-order valence-electron chi connectivity index (χ4n) is 2.60. The van der Waals surface area contributed by atoms with E-state index in [0.717, 1.165) is 32.2 Å². The number of primary amides is 1. The number of carbonyl (C=O) groups excluding carboxylic acids is 1. The lowest BCUT2D eigenvalue weighted by Gasteiger charge is -2.27. The van der Waals surface area contributed by atoms with Gasteiger partial charge >= 0.3 is 0 Å². The van der Waals surface area contributed by atoms with Crippen LogP contribution in [0.1, 0.15) is 32.1 Å². The summed E-state index contributed by atoms with van der Waals surface area (Å²) < 4.78 is 0. The fourth-order valence-corrected chi connectivity index (χ4v) is 3.78. The van der Waals surface area contributed by atoms with Gasteiger partial charge in [0, 0.05) is 18.3 Å². The van der Waals surface area contributed by atoms with Crippen LogP contribution in [0.3, 0.4) is 0 Å². The molecule has 0 aromatic carbocycles. The largest absolute Gasteiger partial charge is 0.369 e. The van der Waals surface area contributed by atoms with Crippen LogP contribution in [0.25, 0.3) is 0 Å². The fraction of sp³-hybridized carbons (Fsp3) is 0.909. The molecule has 2 fully saturated rings. The first-order chi connectivity index (χ1) is 7.23. The summed E-state index contributed by atoms with van der Waals surface area (Å²) in [7, 11) is 0. The molecule has 3 nitrogen and oxygen atoms in total. The van der Waals surface area contributed by atoms with Gasteiger partial charge in [-0.25, -0.2) is 0 Å². The maximum atomic E-state index is 11.5. The molecule has 0 aromatic heterocycles. The van der Waals surface area contributed by atoms with Gasteiger partial charge in [0.25, 0.3) is 0 Å². The lowest BCUT2D eigenvalue weighted by molar-refractivity contribution is -0.127. The molecule has 0 radical (unpaired) electrons. The summed E-state index contributed by atoms with van der Waals surface area (Å²) in [5, 5.41) is 3.52. The molecule has 1 unspecified atom stereocenters. The molecular formula is C11H20N2OS. The highest BCUT2D eigenvalue weighted by Crippen LogP contribution is 2.37. The number of hydrogen-bond donors (Lipinski definition) is 2. The van der Waals surface area contributed by atoms with E-state index in [1.807, 2.05) is 11.8 Å². The van der Waals surface area contributed by atoms with Gasteiger partial charge in [-0.05, 0) is 25.0 Å². The highest BCUT2D eigenvalue weighted by atomic mass is 32.2. The smallest absolute Gasteiger partial charge is 0.224 e. The zero-order valence-electron chi connectivity index (χ0n) is 9.13. The van der Waals surface area contributed by atoms with Crippen LogP contribution in [0.15, 0.2) is 0 Å². The topological polar surface area (TPSA) is 55.1 Å². The van der Waals surface area contributed by atoms with E-state index in [1.54, 1.807) is 0 Å². The SMILES string of the molecule is NC(=O)C1(CNC2CCSC2)CCCC1. The van der Waals surface area contributed by atoms with E-state index in [-0.39, 0.29) is 11.3 Å². The predicted octanol–water partition coefficient (Wildman–Crippen LogP) is 1.13. The lowest BCUT2D eigenvalue weighted by Crippen LogP contribution is -2.46. The van der Waals surface area contributed by atoms with Crippen LogP contribution in [0.2, 0.25) is 0 Å². The van der Waals surface area contributed by atoms with Crippen molar-refractivity contribution in [1.29, 1.82) is 0 Å². The van der Waals surface area contributed by atoms with E-state index >= 15 is 0 Å². The Hall–Kier alpha value is -0.220. The van der Waals surface area contributed by atoms with Crippen molar-refractivity contribution in [2.75, 3.05) is 18.1 Å². The monoisotopic (exact) mass is 228 g/mol. The number of nitrogens with one attached hydrogen (secondary N) is 1. The van der Waals surface area contributed by atoms with Crippen molar-refractivity contribution in [1.82, 2.24) is 5.32 Å². The maximum absolute atomic E-state index is 11.5. The van der Waals surface area contributed by atoms with Gasteiger partial charge in [-0.1, -0.05) is 12.8 Å². The Morgan fingerprint density at radius 2 is 2.20 bits per heavy atom. The molecule has 1 saturated heterocycles. The minimum Gasteiger partial charge on any atom is -0.369 e. The predicted molar refractivity (Wildman–Crippen MR) is 63.8 cm³/mol. The first-order valence-corrected chi connectivity index (χ1v) is 6.99. The number of carbonyl (C=O) groups is 1. The average Bonchev–Trinajstić information content (AvgIpc) is 2.87. The Bertz CT molecular complexity index is 233. The molecule has 4 heteroatoms. The highest BCUT2D eigenvalue weighted by Gasteiger charge is 2.39. The van der Waals surface area contributed by atoms with Crippen molar-refractivity contribution in [3.63, 3.8) is 0 Å². The highest BCUT2D eigenvalue weighted by molar-refractivity contribution is 7.99. The zero-order chi connectivity index (χ0) is 10.7. The van der Waals surface area contributed by atoms with Crippen LogP contribution < -0.4 is 11.1 Å². The lowest BCUT2D eigenvalue weighted by atomic mass is 9.85. The molecule has 2 rings (SSSR count). The molecular weight excluding hydrogens is 208 g/mol. The van der Waals surface area contributed by atoms with Crippen LogP contribution in [0.5, 0.6) is 0 Å². The number of rotatable bonds is 4. The number of hydrogen-bond acceptors (Lipinski definition) is 3. The summed E-state index contributed by atoms with van der Waals surface area (Å²) in [5.41, 5.74) is 5.30. The molecule has 1 aliphatic heterocycles. The van der Waals surface area contributed by atoms with Crippen molar-refractivity contribution in [2.45, 2.75) is 38.1 Å². The molecule has 3 N–H and O–H groups in total. The molecule has 1 heterocycles. The second-order valence-electron chi connectivity index (χ2n) is 4.79. The average molecular weight is 228 g/mol. The molecule has 15 heavy (non-hydrogen) atoms. The van der Waals surface area contributed by atoms with Crippen molar-refractivity contribution >= 4 is 17.7 Å². The van der Waals surface area contributed by atoms with Crippen molar-refractivity contribution in [3.8, 4) is 0 Å². The first kappa shape index (κ1) is 11.3. The molecule has 1 atom stereocenters.